The number of para-hydroxylation sites is 1. The molecule has 0 heterocycles. The number of hydrogen-bond donors (Lipinski definition) is 1. The van der Waals surface area contributed by atoms with Crippen LogP contribution in [0.5, 0.6) is 11.5 Å². The second-order valence-electron chi connectivity index (χ2n) is 5.80. The zero-order chi connectivity index (χ0) is 16.4. The Bertz CT molecular complexity index is 866. The Morgan fingerprint density at radius 3 is 2.26 bits per heavy atom. The summed E-state index contributed by atoms with van der Waals surface area (Å²) in [5.41, 5.74) is 1.13. The maximum atomic E-state index is 12.5. The van der Waals surface area contributed by atoms with E-state index in [2.05, 4.69) is 0 Å². The smallest absolute Gasteiger partial charge is 0.347 e. The number of ether oxygens (including phenoxy) is 1. The van der Waals surface area contributed by atoms with E-state index in [1.165, 1.54) is 0 Å². The molecule has 0 aliphatic rings. The van der Waals surface area contributed by atoms with Gasteiger partial charge in [0.25, 0.3) is 0 Å². The molecular formula is C20H18O3. The number of esters is 1. The summed E-state index contributed by atoms with van der Waals surface area (Å²) in [7, 11) is 0. The molecule has 0 atom stereocenters. The quantitative estimate of drug-likeness (QED) is 0.553. The average molecular weight is 306 g/mol. The maximum Gasteiger partial charge on any atom is 0.347 e. The van der Waals surface area contributed by atoms with Crippen LogP contribution < -0.4 is 4.74 Å². The minimum absolute atomic E-state index is 0.0734. The Morgan fingerprint density at radius 1 is 0.957 bits per heavy atom. The van der Waals surface area contributed by atoms with E-state index >= 15 is 0 Å². The van der Waals surface area contributed by atoms with E-state index in [1.54, 1.807) is 18.2 Å². The lowest BCUT2D eigenvalue weighted by Crippen LogP contribution is -2.10. The number of fused-ring (bicyclic) bond motifs is 1. The van der Waals surface area contributed by atoms with Gasteiger partial charge in [0.1, 0.15) is 17.1 Å². The Labute approximate surface area is 135 Å². The molecule has 0 spiro atoms. The molecule has 0 aliphatic heterocycles. The molecule has 0 radical (unpaired) electrons. The lowest BCUT2D eigenvalue weighted by molar-refractivity contribution is 0.0730. The van der Waals surface area contributed by atoms with Gasteiger partial charge in [0, 0.05) is 0 Å². The van der Waals surface area contributed by atoms with Crippen LogP contribution in [0.2, 0.25) is 0 Å². The van der Waals surface area contributed by atoms with Crippen LogP contribution in [0.3, 0.4) is 0 Å². The van der Waals surface area contributed by atoms with Gasteiger partial charge in [-0.3, -0.25) is 0 Å². The summed E-state index contributed by atoms with van der Waals surface area (Å²) >= 11 is 0. The number of carbonyl (C=O) groups is 1. The Morgan fingerprint density at radius 2 is 1.57 bits per heavy atom. The summed E-state index contributed by atoms with van der Waals surface area (Å²) in [5, 5.41) is 11.9. The van der Waals surface area contributed by atoms with Gasteiger partial charge >= 0.3 is 5.97 Å². The third-order valence-corrected chi connectivity index (χ3v) is 3.83. The topological polar surface area (TPSA) is 46.5 Å². The lowest BCUT2D eigenvalue weighted by Gasteiger charge is -2.13. The van der Waals surface area contributed by atoms with Gasteiger partial charge in [0.2, 0.25) is 0 Å². The first-order valence-corrected chi connectivity index (χ1v) is 7.59. The van der Waals surface area contributed by atoms with Gasteiger partial charge < -0.3 is 9.84 Å². The maximum absolute atomic E-state index is 12.5. The Kier molecular flexibility index (Phi) is 4.02. The summed E-state index contributed by atoms with van der Waals surface area (Å²) < 4.78 is 5.52. The fourth-order valence-corrected chi connectivity index (χ4v) is 2.60. The molecule has 0 saturated heterocycles. The van der Waals surface area contributed by atoms with Crippen molar-refractivity contribution in [3.8, 4) is 11.5 Å². The predicted octanol–water partition coefficient (Wildman–Crippen LogP) is 4.89. The normalized spacial score (nSPS) is 10.9. The number of carbonyl (C=O) groups excluding carboxylic acids is 1. The van der Waals surface area contributed by atoms with E-state index in [0.717, 1.165) is 16.3 Å². The van der Waals surface area contributed by atoms with Crippen LogP contribution in [-0.4, -0.2) is 11.1 Å². The molecule has 0 unspecified atom stereocenters. The molecule has 23 heavy (non-hydrogen) atoms. The van der Waals surface area contributed by atoms with Crippen LogP contribution in [0.1, 0.15) is 35.7 Å². The van der Waals surface area contributed by atoms with E-state index in [4.69, 9.17) is 4.74 Å². The first kappa shape index (κ1) is 15.1. The molecule has 3 heteroatoms. The van der Waals surface area contributed by atoms with E-state index in [-0.39, 0.29) is 17.2 Å². The highest BCUT2D eigenvalue weighted by molar-refractivity contribution is 5.99. The summed E-state index contributed by atoms with van der Waals surface area (Å²) in [6.45, 7) is 4.08. The molecule has 0 saturated carbocycles. The van der Waals surface area contributed by atoms with E-state index in [9.17, 15) is 9.90 Å². The summed E-state index contributed by atoms with van der Waals surface area (Å²) in [6.07, 6.45) is 0. The number of rotatable bonds is 3. The zero-order valence-corrected chi connectivity index (χ0v) is 13.1. The molecule has 3 nitrogen and oxygen atoms in total. The van der Waals surface area contributed by atoms with Crippen molar-refractivity contribution in [3.63, 3.8) is 0 Å². The predicted molar refractivity (Wildman–Crippen MR) is 91.1 cm³/mol. The third-order valence-electron chi connectivity index (χ3n) is 3.83. The van der Waals surface area contributed by atoms with Gasteiger partial charge in [0.05, 0.1) is 0 Å². The number of hydrogen-bond acceptors (Lipinski definition) is 3. The van der Waals surface area contributed by atoms with E-state index in [0.29, 0.717) is 5.75 Å². The minimum atomic E-state index is -0.554. The molecule has 0 fully saturated rings. The molecule has 116 valence electrons. The van der Waals surface area contributed by atoms with Gasteiger partial charge in [0.15, 0.2) is 0 Å². The van der Waals surface area contributed by atoms with Gasteiger partial charge in [-0.2, -0.15) is 0 Å². The number of aromatic hydroxyl groups is 1. The number of phenols is 1. The molecule has 1 N–H and O–H groups in total. The Hall–Kier alpha value is -2.81. The lowest BCUT2D eigenvalue weighted by atomic mass is 10.0. The standard InChI is InChI=1S/C20H18O3/c1-13(2)16-9-5-6-10-19(16)23-20(22)17-11-14-7-3-4-8-15(14)12-18(17)21/h3-13,21H,1-2H3. The van der Waals surface area contributed by atoms with Crippen LogP contribution in [0.25, 0.3) is 10.8 Å². The summed E-state index contributed by atoms with van der Waals surface area (Å²) in [5.74, 6) is 0.140. The van der Waals surface area contributed by atoms with Gasteiger partial charge in [-0.05, 0) is 40.5 Å². The molecule has 0 aromatic heterocycles. The van der Waals surface area contributed by atoms with Crippen molar-refractivity contribution in [3.05, 3.63) is 71.8 Å². The monoisotopic (exact) mass is 306 g/mol. The van der Waals surface area contributed by atoms with E-state index in [1.807, 2.05) is 56.3 Å². The second kappa shape index (κ2) is 6.13. The van der Waals surface area contributed by atoms with Crippen molar-refractivity contribution < 1.29 is 14.6 Å². The minimum Gasteiger partial charge on any atom is -0.507 e. The highest BCUT2D eigenvalue weighted by Gasteiger charge is 2.17. The van der Waals surface area contributed by atoms with Gasteiger partial charge in [-0.15, -0.1) is 0 Å². The molecule has 0 amide bonds. The van der Waals surface area contributed by atoms with E-state index < -0.39 is 5.97 Å². The van der Waals surface area contributed by atoms with Crippen molar-refractivity contribution in [1.82, 2.24) is 0 Å². The molecule has 0 bridgehead atoms. The van der Waals surface area contributed by atoms with Crippen molar-refractivity contribution in [2.24, 2.45) is 0 Å². The van der Waals surface area contributed by atoms with Crippen molar-refractivity contribution >= 4 is 16.7 Å². The Balaban J connectivity index is 1.97. The van der Waals surface area contributed by atoms with Crippen LogP contribution in [0, 0.1) is 0 Å². The summed E-state index contributed by atoms with van der Waals surface area (Å²) in [4.78, 5) is 12.5. The summed E-state index contributed by atoms with van der Waals surface area (Å²) in [6, 6.07) is 18.3. The zero-order valence-electron chi connectivity index (χ0n) is 13.1. The number of phenolic OH excluding ortho intramolecular Hbond substituents is 1. The first-order chi connectivity index (χ1) is 11.1. The van der Waals surface area contributed by atoms with Crippen molar-refractivity contribution in [2.45, 2.75) is 19.8 Å². The number of benzene rings is 3. The molecule has 3 aromatic rings. The third kappa shape index (κ3) is 3.04. The molecular weight excluding hydrogens is 288 g/mol. The average Bonchev–Trinajstić information content (AvgIpc) is 2.54. The van der Waals surface area contributed by atoms with Crippen molar-refractivity contribution in [2.75, 3.05) is 0 Å². The highest BCUT2D eigenvalue weighted by Crippen LogP contribution is 2.29. The SMILES string of the molecule is CC(C)c1ccccc1OC(=O)c1cc2ccccc2cc1O. The highest BCUT2D eigenvalue weighted by atomic mass is 16.5. The van der Waals surface area contributed by atoms with Crippen LogP contribution in [0.4, 0.5) is 0 Å². The fourth-order valence-electron chi connectivity index (χ4n) is 2.60. The van der Waals surface area contributed by atoms with Crippen LogP contribution in [-0.2, 0) is 0 Å². The second-order valence-corrected chi connectivity index (χ2v) is 5.80. The van der Waals surface area contributed by atoms with Crippen molar-refractivity contribution in [1.29, 1.82) is 0 Å². The van der Waals surface area contributed by atoms with Crippen LogP contribution >= 0.6 is 0 Å². The molecule has 0 aliphatic carbocycles. The largest absolute Gasteiger partial charge is 0.507 e. The molecule has 3 aromatic carbocycles. The fraction of sp³-hybridized carbons (Fsp3) is 0.150. The van der Waals surface area contributed by atoms with Crippen LogP contribution in [0.15, 0.2) is 60.7 Å². The van der Waals surface area contributed by atoms with Gasteiger partial charge in [-0.25, -0.2) is 4.79 Å². The van der Waals surface area contributed by atoms with Gasteiger partial charge in [-0.1, -0.05) is 56.3 Å². The first-order valence-electron chi connectivity index (χ1n) is 7.59. The molecule has 3 rings (SSSR count).